The van der Waals surface area contributed by atoms with E-state index in [1.807, 2.05) is 43.3 Å². The van der Waals surface area contributed by atoms with Crippen LogP contribution in [0.2, 0.25) is 0 Å². The Kier molecular flexibility index (Phi) is 7.12. The summed E-state index contributed by atoms with van der Waals surface area (Å²) in [4.78, 5) is 23.5. The predicted octanol–water partition coefficient (Wildman–Crippen LogP) is 6.72. The van der Waals surface area contributed by atoms with Crippen LogP contribution in [0.15, 0.2) is 83.3 Å². The molecule has 0 aliphatic rings. The number of hydrogen-bond donors (Lipinski definition) is 1. The Morgan fingerprint density at radius 1 is 0.971 bits per heavy atom. The molecule has 8 nitrogen and oxygen atoms in total. The minimum atomic E-state index is -0.553. The average molecular weight is 570 g/mol. The molecule has 0 saturated heterocycles. The quantitative estimate of drug-likeness (QED) is 0.143. The summed E-state index contributed by atoms with van der Waals surface area (Å²) >= 11 is 2.21. The first-order valence-electron chi connectivity index (χ1n) is 10.2. The second-order valence-corrected chi connectivity index (χ2v) is 8.60. The molecule has 0 bridgehead atoms. The van der Waals surface area contributed by atoms with E-state index in [0.29, 0.717) is 17.3 Å². The summed E-state index contributed by atoms with van der Waals surface area (Å²) in [6.07, 6.45) is 0. The van der Waals surface area contributed by atoms with Crippen LogP contribution in [0.5, 0.6) is 17.2 Å². The van der Waals surface area contributed by atoms with E-state index in [1.54, 1.807) is 18.2 Å². The maximum absolute atomic E-state index is 12.7. The van der Waals surface area contributed by atoms with E-state index in [4.69, 9.17) is 13.9 Å². The van der Waals surface area contributed by atoms with Crippen molar-refractivity contribution in [3.8, 4) is 17.2 Å². The minimum Gasteiger partial charge on any atom is -0.486 e. The Morgan fingerprint density at radius 2 is 1.68 bits per heavy atom. The highest BCUT2D eigenvalue weighted by atomic mass is 127. The van der Waals surface area contributed by atoms with E-state index < -0.39 is 10.8 Å². The summed E-state index contributed by atoms with van der Waals surface area (Å²) in [5.41, 5.74) is 1.04. The third kappa shape index (κ3) is 6.13. The fraction of sp³-hybridized carbons (Fsp3) is 0.0800. The van der Waals surface area contributed by atoms with Crippen LogP contribution in [0, 0.1) is 20.6 Å². The van der Waals surface area contributed by atoms with Gasteiger partial charge in [0.1, 0.15) is 29.6 Å². The molecule has 172 valence electrons. The molecule has 0 spiro atoms. The van der Waals surface area contributed by atoms with Crippen molar-refractivity contribution in [2.75, 3.05) is 5.32 Å². The molecule has 0 radical (unpaired) electrons. The summed E-state index contributed by atoms with van der Waals surface area (Å²) < 4.78 is 18.1. The Morgan fingerprint density at radius 3 is 2.38 bits per heavy atom. The summed E-state index contributed by atoms with van der Waals surface area (Å²) in [5, 5.41) is 14.0. The van der Waals surface area contributed by atoms with Crippen LogP contribution in [0.3, 0.4) is 0 Å². The summed E-state index contributed by atoms with van der Waals surface area (Å²) in [6.45, 7) is 2.10. The Bertz CT molecular complexity index is 1320. The summed E-state index contributed by atoms with van der Waals surface area (Å²) in [7, 11) is 0. The van der Waals surface area contributed by atoms with Crippen molar-refractivity contribution in [1.82, 2.24) is 0 Å². The maximum atomic E-state index is 12.7. The lowest BCUT2D eigenvalue weighted by Crippen LogP contribution is -2.11. The first-order valence-corrected chi connectivity index (χ1v) is 11.3. The average Bonchev–Trinajstić information content (AvgIpc) is 3.29. The van der Waals surface area contributed by atoms with Gasteiger partial charge < -0.3 is 19.2 Å². The third-order valence-corrected chi connectivity index (χ3v) is 5.42. The number of nitro benzene ring substituents is 1. The van der Waals surface area contributed by atoms with Crippen LogP contribution in [0.25, 0.3) is 0 Å². The molecular weight excluding hydrogens is 551 g/mol. The van der Waals surface area contributed by atoms with Crippen molar-refractivity contribution >= 4 is 39.9 Å². The topological polar surface area (TPSA) is 104 Å². The number of hydrogen-bond acceptors (Lipinski definition) is 6. The first kappa shape index (κ1) is 23.3. The lowest BCUT2D eigenvalue weighted by Gasteiger charge is -2.09. The number of non-ortho nitro benzene ring substituents is 1. The van der Waals surface area contributed by atoms with Gasteiger partial charge in [-0.2, -0.15) is 0 Å². The molecule has 0 fully saturated rings. The third-order valence-electron chi connectivity index (χ3n) is 4.70. The van der Waals surface area contributed by atoms with Gasteiger partial charge in [0.25, 0.3) is 11.6 Å². The predicted molar refractivity (Wildman–Crippen MR) is 135 cm³/mol. The van der Waals surface area contributed by atoms with E-state index in [1.165, 1.54) is 24.3 Å². The standard InChI is InChI=1S/C25H19IN2O6/c1-16-2-6-21(7-3-16)33-23-13-18(12-19(14-23)28(30)31)27-25(29)24-11-10-22(34-24)15-32-20-8-4-17(26)5-9-20/h2-14H,15H2,1H3,(H,27,29). The number of halogens is 1. The number of carbonyl (C=O) groups excluding carboxylic acids is 1. The molecule has 0 aliphatic heterocycles. The summed E-state index contributed by atoms with van der Waals surface area (Å²) in [5.74, 6) is 1.38. The molecule has 0 unspecified atom stereocenters. The first-order chi connectivity index (χ1) is 16.4. The molecule has 1 heterocycles. The van der Waals surface area contributed by atoms with Crippen molar-refractivity contribution in [2.24, 2.45) is 0 Å². The molecule has 1 amide bonds. The minimum absolute atomic E-state index is 0.0497. The van der Waals surface area contributed by atoms with Crippen molar-refractivity contribution in [1.29, 1.82) is 0 Å². The Labute approximate surface area is 208 Å². The van der Waals surface area contributed by atoms with Crippen LogP contribution in [0.4, 0.5) is 11.4 Å². The number of nitrogens with one attached hydrogen (secondary N) is 1. The number of nitrogens with zero attached hydrogens (tertiary/aromatic N) is 1. The van der Waals surface area contributed by atoms with Gasteiger partial charge in [0.2, 0.25) is 0 Å². The fourth-order valence-corrected chi connectivity index (χ4v) is 3.38. The lowest BCUT2D eigenvalue weighted by molar-refractivity contribution is -0.384. The van der Waals surface area contributed by atoms with Gasteiger partial charge in [-0.05, 0) is 78.0 Å². The number of aryl methyl sites for hydroxylation is 1. The van der Waals surface area contributed by atoms with Crippen LogP contribution < -0.4 is 14.8 Å². The molecule has 34 heavy (non-hydrogen) atoms. The van der Waals surface area contributed by atoms with Crippen LogP contribution in [-0.4, -0.2) is 10.8 Å². The zero-order valence-electron chi connectivity index (χ0n) is 18.0. The molecule has 9 heteroatoms. The largest absolute Gasteiger partial charge is 0.486 e. The number of benzene rings is 3. The highest BCUT2D eigenvalue weighted by molar-refractivity contribution is 14.1. The van der Waals surface area contributed by atoms with E-state index in [2.05, 4.69) is 27.9 Å². The number of rotatable bonds is 8. The van der Waals surface area contributed by atoms with Gasteiger partial charge in [-0.1, -0.05) is 17.7 Å². The molecule has 1 aromatic heterocycles. The van der Waals surface area contributed by atoms with E-state index in [-0.39, 0.29) is 29.5 Å². The van der Waals surface area contributed by atoms with Gasteiger partial charge in [0, 0.05) is 15.7 Å². The number of anilines is 1. The molecule has 1 N–H and O–H groups in total. The molecular formula is C25H19IN2O6. The summed E-state index contributed by atoms with van der Waals surface area (Å²) in [6, 6.07) is 22.0. The molecule has 4 rings (SSSR count). The number of nitro groups is 1. The highest BCUT2D eigenvalue weighted by Crippen LogP contribution is 2.30. The van der Waals surface area contributed by atoms with Gasteiger partial charge in [-0.3, -0.25) is 14.9 Å². The van der Waals surface area contributed by atoms with E-state index >= 15 is 0 Å². The maximum Gasteiger partial charge on any atom is 0.291 e. The number of amides is 1. The van der Waals surface area contributed by atoms with Gasteiger partial charge in [0.15, 0.2) is 5.76 Å². The number of ether oxygens (including phenoxy) is 2. The van der Waals surface area contributed by atoms with Crippen LogP contribution >= 0.6 is 22.6 Å². The SMILES string of the molecule is Cc1ccc(Oc2cc(NC(=O)c3ccc(COc4ccc(I)cc4)o3)cc([N+](=O)[O-])c2)cc1. The molecule has 0 saturated carbocycles. The second kappa shape index (κ2) is 10.4. The van der Waals surface area contributed by atoms with Crippen molar-refractivity contribution in [3.63, 3.8) is 0 Å². The second-order valence-electron chi connectivity index (χ2n) is 7.35. The van der Waals surface area contributed by atoms with Crippen LogP contribution in [-0.2, 0) is 6.61 Å². The smallest absolute Gasteiger partial charge is 0.291 e. The highest BCUT2D eigenvalue weighted by Gasteiger charge is 2.16. The van der Waals surface area contributed by atoms with Crippen molar-refractivity contribution in [3.05, 3.63) is 110 Å². The van der Waals surface area contributed by atoms with Gasteiger partial charge in [-0.25, -0.2) is 0 Å². The van der Waals surface area contributed by atoms with E-state index in [9.17, 15) is 14.9 Å². The fourth-order valence-electron chi connectivity index (χ4n) is 3.02. The molecule has 4 aromatic rings. The van der Waals surface area contributed by atoms with Crippen molar-refractivity contribution < 1.29 is 23.6 Å². The zero-order chi connectivity index (χ0) is 24.1. The monoisotopic (exact) mass is 570 g/mol. The molecule has 3 aromatic carbocycles. The lowest BCUT2D eigenvalue weighted by atomic mass is 10.2. The molecule has 0 aliphatic carbocycles. The van der Waals surface area contributed by atoms with Crippen LogP contribution in [0.1, 0.15) is 21.9 Å². The Hall–Kier alpha value is -3.86. The molecule has 0 atom stereocenters. The van der Waals surface area contributed by atoms with Crippen molar-refractivity contribution in [2.45, 2.75) is 13.5 Å². The normalized spacial score (nSPS) is 10.5. The van der Waals surface area contributed by atoms with Gasteiger partial charge >= 0.3 is 0 Å². The number of furan rings is 1. The zero-order valence-corrected chi connectivity index (χ0v) is 20.1. The van der Waals surface area contributed by atoms with Gasteiger partial charge in [-0.15, -0.1) is 0 Å². The Balaban J connectivity index is 1.45. The van der Waals surface area contributed by atoms with E-state index in [0.717, 1.165) is 9.13 Å². The number of carbonyl (C=O) groups is 1. The van der Waals surface area contributed by atoms with Gasteiger partial charge in [0.05, 0.1) is 16.7 Å².